The van der Waals surface area contributed by atoms with Crippen molar-refractivity contribution >= 4 is 19.5 Å². The molecule has 0 aliphatic rings. The van der Waals surface area contributed by atoms with Crippen LogP contribution in [0.25, 0.3) is 22.1 Å². The van der Waals surface area contributed by atoms with Crippen LogP contribution >= 0.6 is 0 Å². The zero-order valence-corrected chi connectivity index (χ0v) is 21.9. The van der Waals surface area contributed by atoms with E-state index in [1.807, 2.05) is 49.9 Å². The summed E-state index contributed by atoms with van der Waals surface area (Å²) >= 11 is 0. The van der Waals surface area contributed by atoms with Crippen molar-refractivity contribution in [3.63, 3.8) is 0 Å². The Bertz CT molecular complexity index is 1170. The molecule has 0 atom stereocenters. The highest BCUT2D eigenvalue weighted by Crippen LogP contribution is 2.30. The summed E-state index contributed by atoms with van der Waals surface area (Å²) in [5, 5.41) is 0.770. The van der Waals surface area contributed by atoms with Crippen molar-refractivity contribution in [2.24, 2.45) is 0 Å². The van der Waals surface area contributed by atoms with Crippen LogP contribution in [0.15, 0.2) is 57.7 Å². The molecule has 0 radical (unpaired) electrons. The lowest BCUT2D eigenvalue weighted by atomic mass is 9.98. The van der Waals surface area contributed by atoms with Gasteiger partial charge in [0.25, 0.3) is 0 Å². The maximum atomic E-state index is 14.2. The minimum absolute atomic E-state index is 0.149. The van der Waals surface area contributed by atoms with Gasteiger partial charge in [0.15, 0.2) is 0 Å². The predicted octanol–water partition coefficient (Wildman–Crippen LogP) is 6.96. The first kappa shape index (κ1) is 27.0. The fourth-order valence-electron chi connectivity index (χ4n) is 4.06. The van der Waals surface area contributed by atoms with E-state index >= 15 is 0 Å². The van der Waals surface area contributed by atoms with Crippen LogP contribution in [0.2, 0.25) is 12.6 Å². The average molecular weight is 505 g/mol. The van der Waals surface area contributed by atoms with Crippen LogP contribution in [0.1, 0.15) is 38.2 Å². The van der Waals surface area contributed by atoms with Gasteiger partial charge in [-0.15, -0.1) is 0 Å². The summed E-state index contributed by atoms with van der Waals surface area (Å²) in [6.45, 7) is 4.06. The number of benzene rings is 2. The van der Waals surface area contributed by atoms with Crippen molar-refractivity contribution in [1.82, 2.24) is 0 Å². The van der Waals surface area contributed by atoms with Gasteiger partial charge in [0, 0.05) is 38.5 Å². The van der Waals surface area contributed by atoms with Crippen LogP contribution in [-0.2, 0) is 15.3 Å². The molecule has 0 saturated carbocycles. The van der Waals surface area contributed by atoms with E-state index in [0.717, 1.165) is 22.9 Å². The van der Waals surface area contributed by atoms with Gasteiger partial charge in [-0.2, -0.15) is 0 Å². The van der Waals surface area contributed by atoms with Crippen molar-refractivity contribution in [2.75, 3.05) is 20.8 Å². The Labute approximate surface area is 206 Å². The highest BCUT2D eigenvalue weighted by atomic mass is 28.4. The van der Waals surface area contributed by atoms with Crippen LogP contribution in [-0.4, -0.2) is 35.3 Å². The summed E-state index contributed by atoms with van der Waals surface area (Å²) in [5.41, 5.74) is 2.44. The second kappa shape index (κ2) is 11.9. The van der Waals surface area contributed by atoms with Crippen LogP contribution < -0.4 is 10.4 Å². The van der Waals surface area contributed by atoms with E-state index in [2.05, 4.69) is 0 Å². The number of rotatable bonds is 13. The van der Waals surface area contributed by atoms with Gasteiger partial charge in [0.1, 0.15) is 11.3 Å². The summed E-state index contributed by atoms with van der Waals surface area (Å²) in [6.07, 6.45) is 0.916. The third-order valence-corrected chi connectivity index (χ3v) is 9.38. The molecule has 2 aromatic carbocycles. The number of hydrogen-bond donors (Lipinski definition) is 0. The van der Waals surface area contributed by atoms with E-state index in [0.29, 0.717) is 29.4 Å². The zero-order chi connectivity index (χ0) is 25.5. The van der Waals surface area contributed by atoms with E-state index in [4.69, 9.17) is 18.0 Å². The van der Waals surface area contributed by atoms with E-state index in [9.17, 15) is 13.6 Å². The Morgan fingerprint density at radius 3 is 2.40 bits per heavy atom. The molecule has 190 valence electrons. The first-order valence-corrected chi connectivity index (χ1v) is 14.5. The van der Waals surface area contributed by atoms with Crippen LogP contribution in [0.5, 0.6) is 5.75 Å². The van der Waals surface area contributed by atoms with Crippen molar-refractivity contribution in [2.45, 2.75) is 57.5 Å². The van der Waals surface area contributed by atoms with Crippen molar-refractivity contribution in [3.8, 4) is 16.9 Å². The fourth-order valence-corrected chi connectivity index (χ4v) is 5.46. The minimum Gasteiger partial charge on any atom is -0.493 e. The molecule has 3 aromatic rings. The maximum Gasteiger partial charge on any atom is 0.344 e. The second-order valence-electron chi connectivity index (χ2n) is 8.86. The van der Waals surface area contributed by atoms with Gasteiger partial charge in [-0.1, -0.05) is 31.2 Å². The molecule has 35 heavy (non-hydrogen) atoms. The Kier molecular flexibility index (Phi) is 9.21. The summed E-state index contributed by atoms with van der Waals surface area (Å²) < 4.78 is 50.4. The molecule has 0 spiro atoms. The molecule has 0 aliphatic carbocycles. The smallest absolute Gasteiger partial charge is 0.344 e. The van der Waals surface area contributed by atoms with Crippen molar-refractivity contribution in [1.29, 1.82) is 0 Å². The summed E-state index contributed by atoms with van der Waals surface area (Å²) in [5.74, 6) is -2.28. The third kappa shape index (κ3) is 7.22. The number of fused-ring (bicyclic) bond motifs is 1. The third-order valence-electron chi connectivity index (χ3n) is 6.39. The SMILES string of the molecule is CCc1ccccc1-c1cc2ccc(OCCCC(F)(F)CCC[Si](C)(OC)OC)cc2oc1=O. The minimum atomic E-state index is -2.76. The molecule has 1 heterocycles. The Morgan fingerprint density at radius 2 is 1.69 bits per heavy atom. The molecule has 0 unspecified atom stereocenters. The van der Waals surface area contributed by atoms with Gasteiger partial charge in [-0.05, 0) is 61.2 Å². The zero-order valence-electron chi connectivity index (χ0n) is 20.9. The molecule has 0 saturated heterocycles. The quantitative estimate of drug-likeness (QED) is 0.143. The molecule has 5 nitrogen and oxygen atoms in total. The molecule has 0 aliphatic heterocycles. The topological polar surface area (TPSA) is 57.9 Å². The molecular weight excluding hydrogens is 470 g/mol. The van der Waals surface area contributed by atoms with Crippen LogP contribution in [0.3, 0.4) is 0 Å². The molecular formula is C27H34F2O5Si. The largest absolute Gasteiger partial charge is 0.493 e. The second-order valence-corrected chi connectivity index (χ2v) is 12.4. The highest BCUT2D eigenvalue weighted by Gasteiger charge is 2.32. The number of ether oxygens (including phenoxy) is 1. The number of halogens is 2. The molecule has 3 rings (SSSR count). The normalized spacial score (nSPS) is 12.3. The summed E-state index contributed by atoms with van der Waals surface area (Å²) in [6, 6.07) is 15.3. The summed E-state index contributed by atoms with van der Waals surface area (Å²) in [4.78, 5) is 12.7. The van der Waals surface area contributed by atoms with Gasteiger partial charge >= 0.3 is 14.2 Å². The van der Waals surface area contributed by atoms with E-state index in [1.165, 1.54) is 0 Å². The van der Waals surface area contributed by atoms with E-state index in [-0.39, 0.29) is 25.9 Å². The molecule has 0 amide bonds. The Hall–Kier alpha value is -2.55. The standard InChI is InChI=1S/C27H34F2O5Si/c1-5-20-10-6-7-11-23(20)24-18-21-12-13-22(19-25(21)34-26(24)30)33-16-8-14-27(28,29)15-9-17-35(4,31-2)32-3/h6-7,10-13,18-19H,5,8-9,14-17H2,1-4H3. The van der Waals surface area contributed by atoms with Gasteiger partial charge in [0.2, 0.25) is 5.92 Å². The van der Waals surface area contributed by atoms with Gasteiger partial charge in [0.05, 0.1) is 12.2 Å². The highest BCUT2D eigenvalue weighted by molar-refractivity contribution is 6.65. The predicted molar refractivity (Wildman–Crippen MR) is 137 cm³/mol. The van der Waals surface area contributed by atoms with Crippen LogP contribution in [0.4, 0.5) is 8.78 Å². The number of alkyl halides is 2. The lowest BCUT2D eigenvalue weighted by Gasteiger charge is -2.24. The average Bonchev–Trinajstić information content (AvgIpc) is 2.86. The first-order valence-electron chi connectivity index (χ1n) is 12.0. The molecule has 1 aromatic heterocycles. The fraction of sp³-hybridized carbons (Fsp3) is 0.444. The van der Waals surface area contributed by atoms with E-state index in [1.54, 1.807) is 26.4 Å². The molecule has 0 N–H and O–H groups in total. The van der Waals surface area contributed by atoms with Gasteiger partial charge in [-0.25, -0.2) is 13.6 Å². The van der Waals surface area contributed by atoms with E-state index < -0.39 is 20.1 Å². The monoisotopic (exact) mass is 504 g/mol. The van der Waals surface area contributed by atoms with Crippen molar-refractivity contribution in [3.05, 3.63) is 64.5 Å². The number of hydrogen-bond acceptors (Lipinski definition) is 5. The summed E-state index contributed by atoms with van der Waals surface area (Å²) in [7, 11) is 0.803. The van der Waals surface area contributed by atoms with Gasteiger partial charge in [-0.3, -0.25) is 0 Å². The lowest BCUT2D eigenvalue weighted by Crippen LogP contribution is -2.36. The molecule has 0 fully saturated rings. The van der Waals surface area contributed by atoms with Crippen LogP contribution in [0, 0.1) is 0 Å². The Morgan fingerprint density at radius 1 is 0.971 bits per heavy atom. The molecule has 0 bridgehead atoms. The van der Waals surface area contributed by atoms with Crippen molar-refractivity contribution < 1.29 is 26.8 Å². The Balaban J connectivity index is 1.57. The number of aryl methyl sites for hydroxylation is 1. The molecule has 8 heteroatoms. The lowest BCUT2D eigenvalue weighted by molar-refractivity contribution is -0.0215. The van der Waals surface area contributed by atoms with Gasteiger partial charge < -0.3 is 18.0 Å². The maximum absolute atomic E-state index is 14.2. The first-order chi connectivity index (χ1) is 16.7.